The minimum Gasteiger partial charge on any atom is -0.470 e. The second-order valence-corrected chi connectivity index (χ2v) is 9.27. The van der Waals surface area contributed by atoms with Crippen LogP contribution in [0.15, 0.2) is 42.5 Å². The zero-order valence-electron chi connectivity index (χ0n) is 18.9. The maximum absolute atomic E-state index is 15.0. The van der Waals surface area contributed by atoms with Gasteiger partial charge in [0.25, 0.3) is 0 Å². The van der Waals surface area contributed by atoms with Crippen LogP contribution < -0.4 is 10.1 Å². The van der Waals surface area contributed by atoms with Crippen LogP contribution in [0.5, 0.6) is 5.88 Å². The number of carbonyl (C=O) groups excluding carboxylic acids is 1. The normalized spacial score (nSPS) is 28.1. The summed E-state index contributed by atoms with van der Waals surface area (Å²) in [7, 11) is 0. The Labute approximate surface area is 201 Å². The summed E-state index contributed by atoms with van der Waals surface area (Å²) >= 11 is 0. The minimum absolute atomic E-state index is 0.190. The second-order valence-electron chi connectivity index (χ2n) is 9.27. The molecule has 0 radical (unpaired) electrons. The number of fused-ring (bicyclic) bond motifs is 2. The third-order valence-electron chi connectivity index (χ3n) is 7.04. The van der Waals surface area contributed by atoms with E-state index in [0.29, 0.717) is 29.1 Å². The van der Waals surface area contributed by atoms with Gasteiger partial charge >= 0.3 is 0 Å². The number of nitrogens with one attached hydrogen (secondary N) is 2. The molecule has 2 aliphatic heterocycles. The molecular weight excluding hydrogens is 453 g/mol. The van der Waals surface area contributed by atoms with Crippen LogP contribution in [0.4, 0.5) is 4.39 Å². The van der Waals surface area contributed by atoms with Gasteiger partial charge in [-0.1, -0.05) is 30.3 Å². The van der Waals surface area contributed by atoms with Crippen molar-refractivity contribution in [1.82, 2.24) is 15.3 Å². The largest absolute Gasteiger partial charge is 0.470 e. The molecule has 5 atom stereocenters. The van der Waals surface area contributed by atoms with Crippen LogP contribution in [0.2, 0.25) is 0 Å². The van der Waals surface area contributed by atoms with Crippen LogP contribution in [-0.2, 0) is 14.3 Å². The Balaban J connectivity index is 1.20. The molecule has 182 valence electrons. The lowest BCUT2D eigenvalue weighted by Gasteiger charge is -2.21. The first-order valence-corrected chi connectivity index (χ1v) is 11.9. The molecule has 2 fully saturated rings. The highest BCUT2D eigenvalue weighted by Gasteiger charge is 2.48. The van der Waals surface area contributed by atoms with Crippen LogP contribution in [0.1, 0.15) is 24.8 Å². The number of halogens is 1. The highest BCUT2D eigenvalue weighted by Crippen LogP contribution is 2.33. The molecule has 2 aromatic heterocycles. The molecule has 0 bridgehead atoms. The molecule has 1 amide bonds. The van der Waals surface area contributed by atoms with Crippen molar-refractivity contribution in [2.45, 2.75) is 49.7 Å². The van der Waals surface area contributed by atoms with Crippen molar-refractivity contribution < 1.29 is 28.5 Å². The number of ether oxygens (including phenoxy) is 3. The standard InChI is InChI=1S/C26H26FN3O5/c27-18-9-19-20(10-23(29-19)35-22-12-34-25-21(32)11-33-26(22)25)30-24(18)16-3-1-14(2-4-16)15-5-7-17(8-6-15)28-13-31/h1-5,9-10,13,17,21-22,25-26,29,32H,6-8,11-12H2,(H,28,31)/t17?,21?,22?,25-,26-/m1/s1. The lowest BCUT2D eigenvalue weighted by Crippen LogP contribution is -2.34. The molecule has 3 N–H and O–H groups in total. The molecule has 1 aliphatic carbocycles. The summed E-state index contributed by atoms with van der Waals surface area (Å²) in [6.07, 6.45) is 3.78. The maximum atomic E-state index is 15.0. The summed E-state index contributed by atoms with van der Waals surface area (Å²) in [5.41, 5.74) is 4.41. The Kier molecular flexibility index (Phi) is 5.75. The fourth-order valence-electron chi connectivity index (χ4n) is 5.17. The number of amides is 1. The van der Waals surface area contributed by atoms with Crippen molar-refractivity contribution in [3.05, 3.63) is 53.9 Å². The molecule has 3 unspecified atom stereocenters. The van der Waals surface area contributed by atoms with Gasteiger partial charge in [-0.2, -0.15) is 0 Å². The van der Waals surface area contributed by atoms with Crippen LogP contribution in [0.3, 0.4) is 0 Å². The number of aliphatic hydroxyl groups is 1. The summed E-state index contributed by atoms with van der Waals surface area (Å²) in [5.74, 6) is 0.0232. The van der Waals surface area contributed by atoms with Crippen molar-refractivity contribution in [2.24, 2.45) is 0 Å². The molecule has 6 rings (SSSR count). The first-order valence-electron chi connectivity index (χ1n) is 11.9. The van der Waals surface area contributed by atoms with E-state index >= 15 is 0 Å². The Hall–Kier alpha value is -3.27. The first kappa shape index (κ1) is 22.2. The fraction of sp³-hybridized carbons (Fsp3) is 0.385. The number of hydrogen-bond acceptors (Lipinski definition) is 6. The molecule has 35 heavy (non-hydrogen) atoms. The number of aliphatic hydroxyl groups excluding tert-OH is 1. The molecule has 4 heterocycles. The third-order valence-corrected chi connectivity index (χ3v) is 7.04. The molecular formula is C26H26FN3O5. The lowest BCUT2D eigenvalue weighted by molar-refractivity contribution is -0.110. The van der Waals surface area contributed by atoms with Gasteiger partial charge in [-0.3, -0.25) is 4.79 Å². The van der Waals surface area contributed by atoms with E-state index in [2.05, 4.69) is 21.4 Å². The van der Waals surface area contributed by atoms with E-state index in [4.69, 9.17) is 14.2 Å². The molecule has 9 heteroatoms. The summed E-state index contributed by atoms with van der Waals surface area (Å²) in [4.78, 5) is 18.3. The van der Waals surface area contributed by atoms with E-state index in [1.54, 1.807) is 6.07 Å². The van der Waals surface area contributed by atoms with Gasteiger partial charge < -0.3 is 29.6 Å². The van der Waals surface area contributed by atoms with Gasteiger partial charge in [-0.25, -0.2) is 9.37 Å². The van der Waals surface area contributed by atoms with E-state index in [1.807, 2.05) is 24.3 Å². The van der Waals surface area contributed by atoms with Crippen molar-refractivity contribution >= 4 is 23.0 Å². The number of aromatic amines is 1. The third kappa shape index (κ3) is 4.20. The Morgan fingerprint density at radius 2 is 1.94 bits per heavy atom. The Morgan fingerprint density at radius 1 is 1.14 bits per heavy atom. The number of pyridine rings is 1. The van der Waals surface area contributed by atoms with Crippen LogP contribution in [0, 0.1) is 5.82 Å². The molecule has 0 saturated carbocycles. The van der Waals surface area contributed by atoms with E-state index in [1.165, 1.54) is 11.6 Å². The molecule has 3 aromatic rings. The second kappa shape index (κ2) is 9.07. The van der Waals surface area contributed by atoms with Gasteiger partial charge in [0.05, 0.1) is 24.2 Å². The zero-order valence-corrected chi connectivity index (χ0v) is 18.9. The van der Waals surface area contributed by atoms with E-state index in [0.717, 1.165) is 31.2 Å². The number of carbonyl (C=O) groups is 1. The quantitative estimate of drug-likeness (QED) is 0.470. The number of nitrogens with zero attached hydrogens (tertiary/aromatic N) is 1. The van der Waals surface area contributed by atoms with Gasteiger partial charge in [-0.15, -0.1) is 0 Å². The van der Waals surface area contributed by atoms with Crippen LogP contribution in [0.25, 0.3) is 27.9 Å². The van der Waals surface area contributed by atoms with Crippen molar-refractivity contribution in [2.75, 3.05) is 13.2 Å². The molecule has 0 spiro atoms. The molecule has 2 saturated heterocycles. The minimum atomic E-state index is -0.646. The first-order chi connectivity index (χ1) is 17.1. The number of allylic oxidation sites excluding steroid dienone is 1. The highest BCUT2D eigenvalue weighted by molar-refractivity contribution is 5.81. The lowest BCUT2D eigenvalue weighted by atomic mass is 9.90. The van der Waals surface area contributed by atoms with E-state index in [-0.39, 0.29) is 36.7 Å². The summed E-state index contributed by atoms with van der Waals surface area (Å²) < 4.78 is 32.2. The van der Waals surface area contributed by atoms with Crippen molar-refractivity contribution in [3.63, 3.8) is 0 Å². The van der Waals surface area contributed by atoms with E-state index in [9.17, 15) is 14.3 Å². The number of rotatable bonds is 6. The molecule has 8 nitrogen and oxygen atoms in total. The molecule has 3 aliphatic rings. The average molecular weight is 480 g/mol. The number of hydrogen-bond donors (Lipinski definition) is 3. The van der Waals surface area contributed by atoms with Crippen molar-refractivity contribution in [3.8, 4) is 17.1 Å². The SMILES string of the molecule is O=CNC1CC=C(c2ccc(-c3nc4cc(OC5CO[C@@H]6C(O)CO[C@H]56)[nH]c4cc3F)cc2)CC1. The molecule has 1 aromatic carbocycles. The van der Waals surface area contributed by atoms with Crippen LogP contribution >= 0.6 is 0 Å². The van der Waals surface area contributed by atoms with E-state index < -0.39 is 11.9 Å². The number of benzene rings is 1. The summed E-state index contributed by atoms with van der Waals surface area (Å²) in [6, 6.07) is 11.1. The predicted octanol–water partition coefficient (Wildman–Crippen LogP) is 2.96. The topological polar surface area (TPSA) is 106 Å². The number of aromatic nitrogens is 2. The summed E-state index contributed by atoms with van der Waals surface area (Å²) in [5, 5.41) is 12.7. The van der Waals surface area contributed by atoms with Gasteiger partial charge in [0.2, 0.25) is 6.41 Å². The number of H-pyrrole nitrogens is 1. The maximum Gasteiger partial charge on any atom is 0.207 e. The average Bonchev–Trinajstić information content (AvgIpc) is 3.56. The fourth-order valence-corrected chi connectivity index (χ4v) is 5.17. The Bertz CT molecular complexity index is 1270. The van der Waals surface area contributed by atoms with Crippen LogP contribution in [-0.4, -0.2) is 65.2 Å². The summed E-state index contributed by atoms with van der Waals surface area (Å²) in [6.45, 7) is 0.540. The van der Waals surface area contributed by atoms with Gasteiger partial charge in [0.1, 0.15) is 24.0 Å². The smallest absolute Gasteiger partial charge is 0.207 e. The predicted molar refractivity (Wildman–Crippen MR) is 126 cm³/mol. The highest BCUT2D eigenvalue weighted by atomic mass is 19.1. The van der Waals surface area contributed by atoms with Crippen molar-refractivity contribution in [1.29, 1.82) is 0 Å². The monoisotopic (exact) mass is 479 g/mol. The van der Waals surface area contributed by atoms with Gasteiger partial charge in [-0.05, 0) is 30.4 Å². The zero-order chi connectivity index (χ0) is 23.9. The Morgan fingerprint density at radius 3 is 2.71 bits per heavy atom. The van der Waals surface area contributed by atoms with Gasteiger partial charge in [0, 0.05) is 23.7 Å². The van der Waals surface area contributed by atoms with Gasteiger partial charge in [0.15, 0.2) is 17.8 Å².